The van der Waals surface area contributed by atoms with Crippen LogP contribution in [0.1, 0.15) is 17.3 Å². The van der Waals surface area contributed by atoms with E-state index in [0.717, 1.165) is 0 Å². The first-order valence-electron chi connectivity index (χ1n) is 11.1. The lowest BCUT2D eigenvalue weighted by atomic mass is 10.2. The summed E-state index contributed by atoms with van der Waals surface area (Å²) in [6.45, 7) is 2.74. The number of carbonyl (C=O) groups excluding carboxylic acids is 2. The number of anilines is 1. The lowest BCUT2D eigenvalue weighted by molar-refractivity contribution is 0.0933. The summed E-state index contributed by atoms with van der Waals surface area (Å²) in [4.78, 5) is 26.0. The molecule has 0 aliphatic carbocycles. The van der Waals surface area contributed by atoms with Gasteiger partial charge in [0.25, 0.3) is 5.91 Å². The van der Waals surface area contributed by atoms with Crippen LogP contribution in [0.4, 0.5) is 10.8 Å². The predicted octanol–water partition coefficient (Wildman–Crippen LogP) is 2.46. The number of hydrogen-bond acceptors (Lipinski definition) is 9. The minimum Gasteiger partial charge on any atom is -0.497 e. The Kier molecular flexibility index (Phi) is 7.50. The third kappa shape index (κ3) is 5.47. The summed E-state index contributed by atoms with van der Waals surface area (Å²) in [6, 6.07) is 12.4. The second-order valence-corrected chi connectivity index (χ2v) is 9.65. The lowest BCUT2D eigenvalue weighted by Gasteiger charge is -2.33. The third-order valence-electron chi connectivity index (χ3n) is 5.48. The zero-order valence-electron chi connectivity index (χ0n) is 19.7. The van der Waals surface area contributed by atoms with Crippen molar-refractivity contribution in [2.45, 2.75) is 11.8 Å². The minimum absolute atomic E-state index is 0.0433. The maximum atomic E-state index is 13.0. The van der Waals surface area contributed by atoms with Gasteiger partial charge in [0.15, 0.2) is 0 Å². The van der Waals surface area contributed by atoms with E-state index < -0.39 is 22.0 Å². The molecule has 1 saturated heterocycles. The first-order valence-corrected chi connectivity index (χ1v) is 12.6. The number of nitrogens with one attached hydrogen (secondary N) is 1. The van der Waals surface area contributed by atoms with Gasteiger partial charge in [0, 0.05) is 37.3 Å². The quantitative estimate of drug-likeness (QED) is 0.502. The van der Waals surface area contributed by atoms with Gasteiger partial charge in [-0.15, -0.1) is 5.10 Å². The number of rotatable bonds is 7. The molecule has 0 saturated carbocycles. The van der Waals surface area contributed by atoms with Crippen molar-refractivity contribution in [1.29, 1.82) is 0 Å². The van der Waals surface area contributed by atoms with E-state index in [0.29, 0.717) is 11.3 Å². The van der Waals surface area contributed by atoms with Crippen LogP contribution < -0.4 is 10.1 Å². The molecule has 2 amide bonds. The summed E-state index contributed by atoms with van der Waals surface area (Å²) in [5.74, 6) is 0.281. The van der Waals surface area contributed by atoms with Gasteiger partial charge >= 0.3 is 12.1 Å². The molecule has 2 aromatic carbocycles. The van der Waals surface area contributed by atoms with Gasteiger partial charge in [-0.1, -0.05) is 11.2 Å². The van der Waals surface area contributed by atoms with Crippen LogP contribution in [0.3, 0.4) is 0 Å². The fourth-order valence-electron chi connectivity index (χ4n) is 3.57. The van der Waals surface area contributed by atoms with Gasteiger partial charge in [-0.3, -0.25) is 10.1 Å². The molecular weight excluding hydrogens is 490 g/mol. The number of ether oxygens (including phenoxy) is 2. The fourth-order valence-corrected chi connectivity index (χ4v) is 4.99. The van der Waals surface area contributed by atoms with E-state index in [2.05, 4.69) is 15.5 Å². The second kappa shape index (κ2) is 10.7. The fraction of sp³-hybridized carbons (Fsp3) is 0.304. The van der Waals surface area contributed by atoms with E-state index in [1.165, 1.54) is 33.5 Å². The van der Waals surface area contributed by atoms with Crippen LogP contribution in [0.25, 0.3) is 11.5 Å². The van der Waals surface area contributed by atoms with Crippen molar-refractivity contribution in [2.75, 3.05) is 45.2 Å². The Morgan fingerprint density at radius 2 is 1.78 bits per heavy atom. The number of benzene rings is 2. The molecule has 2 heterocycles. The Morgan fingerprint density at radius 3 is 2.44 bits per heavy atom. The molecule has 190 valence electrons. The molecule has 36 heavy (non-hydrogen) atoms. The first kappa shape index (κ1) is 25.1. The molecule has 1 aliphatic heterocycles. The molecule has 1 N–H and O–H groups in total. The van der Waals surface area contributed by atoms with E-state index in [4.69, 9.17) is 13.9 Å². The highest BCUT2D eigenvalue weighted by molar-refractivity contribution is 7.89. The first-order chi connectivity index (χ1) is 17.3. The number of carbonyl (C=O) groups is 2. The molecule has 0 spiro atoms. The highest BCUT2D eigenvalue weighted by Gasteiger charge is 2.30. The molecule has 0 atom stereocenters. The zero-order valence-corrected chi connectivity index (χ0v) is 20.5. The van der Waals surface area contributed by atoms with Crippen LogP contribution in [0.15, 0.2) is 57.8 Å². The molecule has 13 heteroatoms. The summed E-state index contributed by atoms with van der Waals surface area (Å²) in [7, 11) is -2.24. The molecule has 0 unspecified atom stereocenters. The van der Waals surface area contributed by atoms with Crippen LogP contribution in [-0.4, -0.2) is 79.7 Å². The summed E-state index contributed by atoms with van der Waals surface area (Å²) >= 11 is 0. The Bertz CT molecular complexity index is 1330. The number of sulfonamides is 1. The summed E-state index contributed by atoms with van der Waals surface area (Å²) < 4.78 is 42.9. The molecule has 4 rings (SSSR count). The van der Waals surface area contributed by atoms with Crippen LogP contribution in [0, 0.1) is 0 Å². The monoisotopic (exact) mass is 515 g/mol. The van der Waals surface area contributed by atoms with Crippen molar-refractivity contribution >= 4 is 28.0 Å². The average Bonchev–Trinajstić information content (AvgIpc) is 3.37. The van der Waals surface area contributed by atoms with E-state index in [1.807, 2.05) is 0 Å². The molecular formula is C23H25N5O7S. The number of hydrogen-bond donors (Lipinski definition) is 1. The number of methoxy groups -OCH3 is 1. The summed E-state index contributed by atoms with van der Waals surface area (Å²) in [5, 5.41) is 10.3. The van der Waals surface area contributed by atoms with Gasteiger partial charge in [0.05, 0.1) is 18.6 Å². The number of nitrogens with zero attached hydrogens (tertiary/aromatic N) is 4. The van der Waals surface area contributed by atoms with Gasteiger partial charge in [-0.05, 0) is 49.4 Å². The normalized spacial score (nSPS) is 14.3. The van der Waals surface area contributed by atoms with Crippen molar-refractivity contribution in [3.63, 3.8) is 0 Å². The van der Waals surface area contributed by atoms with Crippen LogP contribution >= 0.6 is 0 Å². The van der Waals surface area contributed by atoms with Gasteiger partial charge in [-0.25, -0.2) is 13.2 Å². The smallest absolute Gasteiger partial charge is 0.409 e. The van der Waals surface area contributed by atoms with Crippen LogP contribution in [-0.2, 0) is 14.8 Å². The van der Waals surface area contributed by atoms with E-state index in [9.17, 15) is 18.0 Å². The SMILES string of the molecule is CCOC(=O)N1CCN(S(=O)(=O)c2ccc(C(=O)Nc3nnc(-c4cccc(OC)c4)o3)cc2)CC1. The van der Waals surface area contributed by atoms with E-state index in [1.54, 1.807) is 38.3 Å². The van der Waals surface area contributed by atoms with Gasteiger partial charge in [0.2, 0.25) is 15.9 Å². The van der Waals surface area contributed by atoms with Crippen LogP contribution in [0.2, 0.25) is 0 Å². The largest absolute Gasteiger partial charge is 0.497 e. The van der Waals surface area contributed by atoms with E-state index in [-0.39, 0.29) is 55.2 Å². The highest BCUT2D eigenvalue weighted by atomic mass is 32.2. The van der Waals surface area contributed by atoms with Crippen LogP contribution in [0.5, 0.6) is 5.75 Å². The van der Waals surface area contributed by atoms with Crippen molar-refractivity contribution in [1.82, 2.24) is 19.4 Å². The second-order valence-electron chi connectivity index (χ2n) is 7.71. The lowest BCUT2D eigenvalue weighted by Crippen LogP contribution is -2.50. The summed E-state index contributed by atoms with van der Waals surface area (Å²) in [5.41, 5.74) is 0.835. The maximum Gasteiger partial charge on any atom is 0.409 e. The minimum atomic E-state index is -3.79. The average molecular weight is 516 g/mol. The van der Waals surface area contributed by atoms with Crippen molar-refractivity contribution in [3.05, 3.63) is 54.1 Å². The number of amides is 2. The van der Waals surface area contributed by atoms with Crippen molar-refractivity contribution < 1.29 is 31.9 Å². The van der Waals surface area contributed by atoms with Crippen molar-refractivity contribution in [3.8, 4) is 17.2 Å². The van der Waals surface area contributed by atoms with E-state index >= 15 is 0 Å². The van der Waals surface area contributed by atoms with Gasteiger partial charge < -0.3 is 18.8 Å². The zero-order chi connectivity index (χ0) is 25.7. The molecule has 1 aliphatic rings. The predicted molar refractivity (Wildman–Crippen MR) is 128 cm³/mol. The molecule has 0 bridgehead atoms. The van der Waals surface area contributed by atoms with Gasteiger partial charge in [0.1, 0.15) is 5.75 Å². The Balaban J connectivity index is 1.38. The Labute approximate surface area is 207 Å². The molecule has 12 nitrogen and oxygen atoms in total. The van der Waals surface area contributed by atoms with Gasteiger partial charge in [-0.2, -0.15) is 4.31 Å². The molecule has 1 aromatic heterocycles. The topological polar surface area (TPSA) is 144 Å². The third-order valence-corrected chi connectivity index (χ3v) is 7.39. The summed E-state index contributed by atoms with van der Waals surface area (Å²) in [6.07, 6.45) is -0.457. The standard InChI is InChI=1S/C23H25N5O7S/c1-3-34-23(30)27-11-13-28(14-12-27)36(31,32)19-9-7-16(8-10-19)20(29)24-22-26-25-21(35-22)17-5-4-6-18(15-17)33-2/h4-10,15H,3,11-14H2,1-2H3,(H,24,26,29). The maximum absolute atomic E-state index is 13.0. The Morgan fingerprint density at radius 1 is 1.06 bits per heavy atom. The Hall–Kier alpha value is -3.97. The van der Waals surface area contributed by atoms with Crippen molar-refractivity contribution in [2.24, 2.45) is 0 Å². The highest BCUT2D eigenvalue weighted by Crippen LogP contribution is 2.24. The molecule has 0 radical (unpaired) electrons. The molecule has 3 aromatic rings. The number of aromatic nitrogens is 2. The molecule has 1 fully saturated rings. The number of piperazine rings is 1.